The van der Waals surface area contributed by atoms with Gasteiger partial charge in [-0.25, -0.2) is 0 Å². The summed E-state index contributed by atoms with van der Waals surface area (Å²) in [5.74, 6) is 1.40. The van der Waals surface area contributed by atoms with Gasteiger partial charge in [0.25, 0.3) is 0 Å². The van der Waals surface area contributed by atoms with Crippen molar-refractivity contribution < 1.29 is 19.0 Å². The summed E-state index contributed by atoms with van der Waals surface area (Å²) in [5, 5.41) is 1.11. The molecule has 3 aromatic rings. The van der Waals surface area contributed by atoms with Gasteiger partial charge in [-0.1, -0.05) is 24.3 Å². The van der Waals surface area contributed by atoms with Gasteiger partial charge < -0.3 is 24.1 Å². The number of nitrogens with one attached hydrogen (secondary N) is 1. The number of amides is 1. The van der Waals surface area contributed by atoms with Crippen molar-refractivity contribution in [1.29, 1.82) is 0 Å². The molecule has 1 aromatic heterocycles. The third kappa shape index (κ3) is 4.39. The molecule has 31 heavy (non-hydrogen) atoms. The average Bonchev–Trinajstić information content (AvgIpc) is 3.20. The largest absolute Gasteiger partial charge is 0.497 e. The Hall–Kier alpha value is -2.99. The summed E-state index contributed by atoms with van der Waals surface area (Å²) in [6, 6.07) is 14.0. The van der Waals surface area contributed by atoms with Crippen molar-refractivity contribution in [3.63, 3.8) is 0 Å². The molecule has 1 N–H and O–H groups in total. The molecule has 2 heterocycles. The molecule has 1 amide bonds. The molecule has 0 aliphatic carbocycles. The molecule has 1 aliphatic heterocycles. The van der Waals surface area contributed by atoms with Gasteiger partial charge in [0.05, 0.1) is 26.4 Å². The van der Waals surface area contributed by atoms with Crippen molar-refractivity contribution in [2.45, 2.75) is 38.4 Å². The van der Waals surface area contributed by atoms with E-state index in [-0.39, 0.29) is 24.0 Å². The summed E-state index contributed by atoms with van der Waals surface area (Å²) in [4.78, 5) is 18.7. The molecule has 3 atom stereocenters. The third-order valence-electron chi connectivity index (χ3n) is 5.96. The van der Waals surface area contributed by atoms with Crippen molar-refractivity contribution in [3.8, 4) is 11.5 Å². The Labute approximate surface area is 183 Å². The molecule has 6 nitrogen and oxygen atoms in total. The SMILES string of the molecule is COc1ccc([C@H](CC(=O)N2C[C@@H](C)O[C@H](C)C2)c2c[nH]c3ccccc23)c(OC)c1. The van der Waals surface area contributed by atoms with Gasteiger partial charge in [0.2, 0.25) is 5.91 Å². The highest BCUT2D eigenvalue weighted by atomic mass is 16.5. The zero-order chi connectivity index (χ0) is 22.0. The van der Waals surface area contributed by atoms with Gasteiger partial charge in [-0.05, 0) is 31.5 Å². The molecule has 0 unspecified atom stereocenters. The van der Waals surface area contributed by atoms with Crippen molar-refractivity contribution in [3.05, 3.63) is 59.8 Å². The monoisotopic (exact) mass is 422 g/mol. The molecule has 0 spiro atoms. The van der Waals surface area contributed by atoms with Gasteiger partial charge in [0.1, 0.15) is 11.5 Å². The van der Waals surface area contributed by atoms with Crippen LogP contribution < -0.4 is 9.47 Å². The summed E-state index contributed by atoms with van der Waals surface area (Å²) >= 11 is 0. The number of para-hydroxylation sites is 1. The number of morpholine rings is 1. The second kappa shape index (κ2) is 9.02. The summed E-state index contributed by atoms with van der Waals surface area (Å²) in [6.45, 7) is 5.26. The molecule has 2 aromatic carbocycles. The number of aromatic nitrogens is 1. The first kappa shape index (κ1) is 21.2. The van der Waals surface area contributed by atoms with Crippen molar-refractivity contribution >= 4 is 16.8 Å². The van der Waals surface area contributed by atoms with E-state index in [1.54, 1.807) is 14.2 Å². The van der Waals surface area contributed by atoms with Crippen LogP contribution in [-0.4, -0.2) is 55.3 Å². The maximum atomic E-state index is 13.4. The van der Waals surface area contributed by atoms with Crippen LogP contribution in [0.1, 0.15) is 37.3 Å². The first-order valence-electron chi connectivity index (χ1n) is 10.7. The molecule has 1 saturated heterocycles. The van der Waals surface area contributed by atoms with Gasteiger partial charge in [-0.15, -0.1) is 0 Å². The Balaban J connectivity index is 1.74. The van der Waals surface area contributed by atoms with E-state index in [4.69, 9.17) is 14.2 Å². The van der Waals surface area contributed by atoms with E-state index in [0.717, 1.165) is 27.8 Å². The molecule has 1 fully saturated rings. The zero-order valence-corrected chi connectivity index (χ0v) is 18.6. The van der Waals surface area contributed by atoms with Crippen molar-refractivity contribution in [2.75, 3.05) is 27.3 Å². The predicted octanol–water partition coefficient (Wildman–Crippen LogP) is 4.34. The molecule has 6 heteroatoms. The molecule has 0 bridgehead atoms. The number of ether oxygens (including phenoxy) is 3. The van der Waals surface area contributed by atoms with E-state index in [0.29, 0.717) is 25.3 Å². The van der Waals surface area contributed by atoms with E-state index >= 15 is 0 Å². The highest BCUT2D eigenvalue weighted by Crippen LogP contribution is 2.39. The number of H-pyrrole nitrogens is 1. The van der Waals surface area contributed by atoms with Crippen LogP contribution >= 0.6 is 0 Å². The van der Waals surface area contributed by atoms with Crippen LogP contribution in [0, 0.1) is 0 Å². The topological polar surface area (TPSA) is 63.8 Å². The van der Waals surface area contributed by atoms with Crippen LogP contribution in [0.5, 0.6) is 11.5 Å². The number of benzene rings is 2. The predicted molar refractivity (Wildman–Crippen MR) is 121 cm³/mol. The minimum Gasteiger partial charge on any atom is -0.497 e. The highest BCUT2D eigenvalue weighted by Gasteiger charge is 2.30. The van der Waals surface area contributed by atoms with Gasteiger partial charge in [-0.2, -0.15) is 0 Å². The van der Waals surface area contributed by atoms with Crippen LogP contribution in [0.2, 0.25) is 0 Å². The third-order valence-corrected chi connectivity index (χ3v) is 5.96. The molecule has 1 aliphatic rings. The minimum atomic E-state index is -0.155. The minimum absolute atomic E-state index is 0.0368. The van der Waals surface area contributed by atoms with Crippen molar-refractivity contribution in [1.82, 2.24) is 9.88 Å². The number of hydrogen-bond donors (Lipinski definition) is 1. The molecule has 4 rings (SSSR count). The van der Waals surface area contributed by atoms with Crippen LogP contribution in [0.3, 0.4) is 0 Å². The first-order chi connectivity index (χ1) is 15.0. The number of fused-ring (bicyclic) bond motifs is 1. The fourth-order valence-corrected chi connectivity index (χ4v) is 4.56. The number of carbonyl (C=O) groups excluding carboxylic acids is 1. The fourth-order valence-electron chi connectivity index (χ4n) is 4.56. The summed E-state index contributed by atoms with van der Waals surface area (Å²) < 4.78 is 16.9. The lowest BCUT2D eigenvalue weighted by atomic mass is 9.87. The van der Waals surface area contributed by atoms with E-state index in [1.807, 2.05) is 61.3 Å². The normalized spacial score (nSPS) is 19.9. The quantitative estimate of drug-likeness (QED) is 0.642. The molecular formula is C25H30N2O4. The van der Waals surface area contributed by atoms with Gasteiger partial charge >= 0.3 is 0 Å². The lowest BCUT2D eigenvalue weighted by Crippen LogP contribution is -2.48. The molecule has 0 saturated carbocycles. The zero-order valence-electron chi connectivity index (χ0n) is 18.6. The Morgan fingerprint density at radius 2 is 1.84 bits per heavy atom. The van der Waals surface area contributed by atoms with Crippen LogP contribution in [0.25, 0.3) is 10.9 Å². The second-order valence-electron chi connectivity index (χ2n) is 8.21. The van der Waals surface area contributed by atoms with Gasteiger partial charge in [0.15, 0.2) is 0 Å². The maximum absolute atomic E-state index is 13.4. The van der Waals surface area contributed by atoms with E-state index in [1.165, 1.54) is 0 Å². The maximum Gasteiger partial charge on any atom is 0.223 e. The Bertz CT molecular complexity index is 1050. The van der Waals surface area contributed by atoms with Crippen LogP contribution in [0.4, 0.5) is 0 Å². The van der Waals surface area contributed by atoms with E-state index < -0.39 is 0 Å². The number of rotatable bonds is 6. The number of hydrogen-bond acceptors (Lipinski definition) is 4. The summed E-state index contributed by atoms with van der Waals surface area (Å²) in [6.07, 6.45) is 2.44. The number of carbonyl (C=O) groups is 1. The lowest BCUT2D eigenvalue weighted by Gasteiger charge is -2.36. The summed E-state index contributed by atoms with van der Waals surface area (Å²) in [7, 11) is 3.29. The Morgan fingerprint density at radius 3 is 2.55 bits per heavy atom. The smallest absolute Gasteiger partial charge is 0.223 e. The van der Waals surface area contributed by atoms with E-state index in [9.17, 15) is 4.79 Å². The standard InChI is InChI=1S/C25H30N2O4/c1-16-14-27(15-17(2)31-16)25(28)12-21(20-10-9-18(29-3)11-24(20)30-4)22-13-26-23-8-6-5-7-19(22)23/h5-11,13,16-17,21,26H,12,14-15H2,1-4H3/t16-,17-,21+/m1/s1. The Morgan fingerprint density at radius 1 is 1.10 bits per heavy atom. The highest BCUT2D eigenvalue weighted by molar-refractivity contribution is 5.86. The summed E-state index contributed by atoms with van der Waals surface area (Å²) in [5.41, 5.74) is 3.11. The fraction of sp³-hybridized carbons (Fsp3) is 0.400. The number of methoxy groups -OCH3 is 2. The first-order valence-corrected chi connectivity index (χ1v) is 10.7. The number of nitrogens with zero attached hydrogens (tertiary/aromatic N) is 1. The lowest BCUT2D eigenvalue weighted by molar-refractivity contribution is -0.143. The Kier molecular flexibility index (Phi) is 6.18. The average molecular weight is 423 g/mol. The molecule has 0 radical (unpaired) electrons. The molecule has 164 valence electrons. The van der Waals surface area contributed by atoms with Gasteiger partial charge in [-0.3, -0.25) is 4.79 Å². The van der Waals surface area contributed by atoms with Crippen molar-refractivity contribution in [2.24, 2.45) is 0 Å². The van der Waals surface area contributed by atoms with E-state index in [2.05, 4.69) is 11.1 Å². The second-order valence-corrected chi connectivity index (χ2v) is 8.21. The molecular weight excluding hydrogens is 392 g/mol. The van der Waals surface area contributed by atoms with Crippen LogP contribution in [-0.2, 0) is 9.53 Å². The van der Waals surface area contributed by atoms with Gasteiger partial charge in [0, 0.05) is 54.2 Å². The number of aromatic amines is 1. The van der Waals surface area contributed by atoms with Crippen LogP contribution in [0.15, 0.2) is 48.7 Å².